The highest BCUT2D eigenvalue weighted by Crippen LogP contribution is 2.56. The molecule has 1 aromatic rings. The Bertz CT molecular complexity index is 831. The van der Waals surface area contributed by atoms with Crippen molar-refractivity contribution in [3.8, 4) is 5.75 Å². The number of ether oxygens (including phenoxy) is 2. The summed E-state index contributed by atoms with van der Waals surface area (Å²) in [7, 11) is 1.57. The summed E-state index contributed by atoms with van der Waals surface area (Å²) >= 11 is 0. The molecule has 3 aliphatic heterocycles. The molecule has 2 saturated heterocycles. The number of rotatable bonds is 5. The third-order valence-electron chi connectivity index (χ3n) is 5.58. The van der Waals surface area contributed by atoms with Crippen LogP contribution in [0.3, 0.4) is 0 Å². The number of amides is 1. The second kappa shape index (κ2) is 5.71. The molecule has 136 valence electrons. The third-order valence-corrected chi connectivity index (χ3v) is 5.58. The number of hydrogen-bond donors (Lipinski definition) is 1. The Morgan fingerprint density at radius 2 is 2.23 bits per heavy atom. The molecule has 1 N–H and O–H groups in total. The van der Waals surface area contributed by atoms with E-state index in [0.29, 0.717) is 17.9 Å². The zero-order valence-corrected chi connectivity index (χ0v) is 14.7. The maximum Gasteiger partial charge on any atom is 0.310 e. The maximum absolute atomic E-state index is 13.4. The van der Waals surface area contributed by atoms with Crippen LogP contribution in [0.25, 0.3) is 0 Å². The first-order valence-electron chi connectivity index (χ1n) is 8.60. The molecular formula is C20H21NO5. The predicted octanol–water partition coefficient (Wildman–Crippen LogP) is 2.40. The summed E-state index contributed by atoms with van der Waals surface area (Å²) in [5.41, 5.74) is 0.659. The average Bonchev–Trinajstić information content (AvgIpc) is 3.24. The predicted molar refractivity (Wildman–Crippen MR) is 95.1 cm³/mol. The number of aliphatic carboxylic acids is 1. The summed E-state index contributed by atoms with van der Waals surface area (Å²) < 4.78 is 11.4. The normalized spacial score (nSPS) is 34.2. The number of carbonyl (C=O) groups excluding carboxylic acids is 1. The first-order valence-corrected chi connectivity index (χ1v) is 8.60. The van der Waals surface area contributed by atoms with Crippen LogP contribution in [0.1, 0.15) is 13.3 Å². The van der Waals surface area contributed by atoms with Gasteiger partial charge < -0.3 is 19.5 Å². The molecule has 2 bridgehead atoms. The molecular weight excluding hydrogens is 334 g/mol. The Hall–Kier alpha value is -2.60. The molecule has 0 unspecified atom stereocenters. The Labute approximate surface area is 151 Å². The van der Waals surface area contributed by atoms with Crippen LogP contribution >= 0.6 is 0 Å². The van der Waals surface area contributed by atoms with Crippen molar-refractivity contribution < 1.29 is 24.2 Å². The molecule has 3 heterocycles. The standard InChI is InChI=1S/C20H21NO5/c1-11(2)9-15-20-8-7-14(26-20)16(19(23)24)17(20)18(22)21(15)12-5-4-6-13(10-12)25-3/h4-8,10,14-17H,1,9H2,2-3H3,(H,23,24)/t14-,15+,16-,17+,20-/m1/s1. The lowest BCUT2D eigenvalue weighted by Gasteiger charge is -2.33. The minimum absolute atomic E-state index is 0.219. The van der Waals surface area contributed by atoms with E-state index in [1.807, 2.05) is 25.1 Å². The smallest absolute Gasteiger partial charge is 0.310 e. The molecule has 1 amide bonds. The fraction of sp³-hybridized carbons (Fsp3) is 0.400. The topological polar surface area (TPSA) is 76.1 Å². The molecule has 6 nitrogen and oxygen atoms in total. The highest BCUT2D eigenvalue weighted by Gasteiger charge is 2.71. The van der Waals surface area contributed by atoms with Gasteiger partial charge in [-0.2, -0.15) is 0 Å². The van der Waals surface area contributed by atoms with Gasteiger partial charge in [0.25, 0.3) is 0 Å². The van der Waals surface area contributed by atoms with Crippen molar-refractivity contribution in [2.75, 3.05) is 12.0 Å². The minimum atomic E-state index is -0.999. The summed E-state index contributed by atoms with van der Waals surface area (Å²) in [6.07, 6.45) is 3.64. The van der Waals surface area contributed by atoms with Crippen molar-refractivity contribution in [3.63, 3.8) is 0 Å². The fourth-order valence-corrected chi connectivity index (χ4v) is 4.58. The number of carbonyl (C=O) groups is 2. The molecule has 1 spiro atoms. The van der Waals surface area contributed by atoms with E-state index in [9.17, 15) is 14.7 Å². The van der Waals surface area contributed by atoms with Crippen LogP contribution in [0.5, 0.6) is 5.75 Å². The van der Waals surface area contributed by atoms with Gasteiger partial charge in [0, 0.05) is 11.8 Å². The first-order chi connectivity index (χ1) is 12.4. The van der Waals surface area contributed by atoms with Crippen molar-refractivity contribution in [1.29, 1.82) is 0 Å². The van der Waals surface area contributed by atoms with Gasteiger partial charge in [-0.05, 0) is 25.5 Å². The van der Waals surface area contributed by atoms with Gasteiger partial charge in [-0.1, -0.05) is 23.8 Å². The first kappa shape index (κ1) is 16.8. The van der Waals surface area contributed by atoms with Crippen LogP contribution in [-0.4, -0.2) is 41.8 Å². The summed E-state index contributed by atoms with van der Waals surface area (Å²) in [6, 6.07) is 6.89. The number of anilines is 1. The zero-order valence-electron chi connectivity index (χ0n) is 14.7. The van der Waals surface area contributed by atoms with Crippen LogP contribution in [0.2, 0.25) is 0 Å². The highest BCUT2D eigenvalue weighted by atomic mass is 16.5. The van der Waals surface area contributed by atoms with E-state index in [1.165, 1.54) is 0 Å². The Balaban J connectivity index is 1.84. The van der Waals surface area contributed by atoms with E-state index in [1.54, 1.807) is 30.2 Å². The van der Waals surface area contributed by atoms with Crippen molar-refractivity contribution in [2.45, 2.75) is 31.1 Å². The van der Waals surface area contributed by atoms with Gasteiger partial charge in [0.15, 0.2) is 0 Å². The van der Waals surface area contributed by atoms with E-state index < -0.39 is 29.5 Å². The summed E-state index contributed by atoms with van der Waals surface area (Å²) in [4.78, 5) is 26.9. The van der Waals surface area contributed by atoms with Crippen LogP contribution in [0.15, 0.2) is 48.6 Å². The number of fused-ring (bicyclic) bond motifs is 1. The summed E-state index contributed by atoms with van der Waals surface area (Å²) in [6.45, 7) is 5.89. The van der Waals surface area contributed by atoms with Crippen molar-refractivity contribution >= 4 is 17.6 Å². The van der Waals surface area contributed by atoms with Crippen molar-refractivity contribution in [1.82, 2.24) is 0 Å². The molecule has 0 aliphatic carbocycles. The largest absolute Gasteiger partial charge is 0.497 e. The molecule has 2 fully saturated rings. The second-order valence-corrected chi connectivity index (χ2v) is 7.22. The molecule has 0 radical (unpaired) electrons. The number of carboxylic acids is 1. The van der Waals surface area contributed by atoms with Gasteiger partial charge in [0.2, 0.25) is 5.91 Å². The van der Waals surface area contributed by atoms with E-state index in [0.717, 1.165) is 5.57 Å². The van der Waals surface area contributed by atoms with Gasteiger partial charge in [0.05, 0.1) is 25.2 Å². The molecule has 0 aromatic heterocycles. The lowest BCUT2D eigenvalue weighted by atomic mass is 9.74. The van der Waals surface area contributed by atoms with Gasteiger partial charge >= 0.3 is 5.97 Å². The molecule has 6 heteroatoms. The molecule has 26 heavy (non-hydrogen) atoms. The van der Waals surface area contributed by atoms with E-state index in [4.69, 9.17) is 9.47 Å². The molecule has 0 saturated carbocycles. The number of methoxy groups -OCH3 is 1. The quantitative estimate of drug-likeness (QED) is 0.821. The van der Waals surface area contributed by atoms with Crippen molar-refractivity contribution in [2.24, 2.45) is 11.8 Å². The van der Waals surface area contributed by atoms with Gasteiger partial charge in [-0.3, -0.25) is 9.59 Å². The van der Waals surface area contributed by atoms with Crippen molar-refractivity contribution in [3.05, 3.63) is 48.6 Å². The number of hydrogen-bond acceptors (Lipinski definition) is 4. The highest BCUT2D eigenvalue weighted by molar-refractivity contribution is 6.03. The summed E-state index contributed by atoms with van der Waals surface area (Å²) in [5, 5.41) is 9.68. The lowest BCUT2D eigenvalue weighted by molar-refractivity contribution is -0.146. The van der Waals surface area contributed by atoms with Crippen LogP contribution in [0.4, 0.5) is 5.69 Å². The molecule has 1 aromatic carbocycles. The fourth-order valence-electron chi connectivity index (χ4n) is 4.58. The Kier molecular flexibility index (Phi) is 3.70. The molecule has 3 aliphatic rings. The van der Waals surface area contributed by atoms with E-state index in [-0.39, 0.29) is 11.9 Å². The van der Waals surface area contributed by atoms with E-state index >= 15 is 0 Å². The zero-order chi connectivity index (χ0) is 18.6. The van der Waals surface area contributed by atoms with Gasteiger partial charge in [0.1, 0.15) is 17.3 Å². The van der Waals surface area contributed by atoms with Crippen LogP contribution < -0.4 is 9.64 Å². The monoisotopic (exact) mass is 355 g/mol. The average molecular weight is 355 g/mol. The number of nitrogens with zero attached hydrogens (tertiary/aromatic N) is 1. The number of benzene rings is 1. The number of carboxylic acid groups (broad SMARTS) is 1. The van der Waals surface area contributed by atoms with Gasteiger partial charge in [-0.15, -0.1) is 6.58 Å². The molecule has 4 rings (SSSR count). The Morgan fingerprint density at radius 1 is 1.46 bits per heavy atom. The third kappa shape index (κ3) is 2.15. The SMILES string of the molecule is C=C(C)C[C@@H]1N(c2cccc(OC)c2)C(=O)[C@@H]2[C@H](C(=O)O)[C@H]3C=C[C@]21O3. The Morgan fingerprint density at radius 3 is 2.88 bits per heavy atom. The lowest BCUT2D eigenvalue weighted by Crippen LogP contribution is -2.45. The minimum Gasteiger partial charge on any atom is -0.497 e. The molecule has 5 atom stereocenters. The summed E-state index contributed by atoms with van der Waals surface area (Å²) in [5.74, 6) is -2.18. The van der Waals surface area contributed by atoms with Crippen LogP contribution in [0, 0.1) is 11.8 Å². The maximum atomic E-state index is 13.4. The van der Waals surface area contributed by atoms with Crippen LogP contribution in [-0.2, 0) is 14.3 Å². The van der Waals surface area contributed by atoms with Gasteiger partial charge in [-0.25, -0.2) is 0 Å². The second-order valence-electron chi connectivity index (χ2n) is 7.22. The van der Waals surface area contributed by atoms with E-state index in [2.05, 4.69) is 6.58 Å².